The van der Waals surface area contributed by atoms with Crippen molar-refractivity contribution in [1.29, 1.82) is 0 Å². The number of carbonyl (C=O) groups is 4. The highest BCUT2D eigenvalue weighted by Crippen LogP contribution is 2.29. The van der Waals surface area contributed by atoms with Crippen LogP contribution in [0.2, 0.25) is 0 Å². The molecule has 0 aliphatic carbocycles. The summed E-state index contributed by atoms with van der Waals surface area (Å²) in [7, 11) is 0. The largest absolute Gasteiger partial charge is 0.451 e. The summed E-state index contributed by atoms with van der Waals surface area (Å²) >= 11 is 0. The van der Waals surface area contributed by atoms with Crippen molar-refractivity contribution in [2.24, 2.45) is 0 Å². The average molecular weight is 406 g/mol. The van der Waals surface area contributed by atoms with E-state index in [9.17, 15) is 19.2 Å². The summed E-state index contributed by atoms with van der Waals surface area (Å²) in [6.45, 7) is 3.67. The predicted octanol–water partition coefficient (Wildman–Crippen LogP) is 2.91. The minimum atomic E-state index is -0.948. The lowest BCUT2D eigenvalue weighted by Gasteiger charge is -2.18. The highest BCUT2D eigenvalue weighted by Gasteiger charge is 2.26. The van der Waals surface area contributed by atoms with E-state index in [1.165, 1.54) is 6.92 Å². The van der Waals surface area contributed by atoms with Crippen molar-refractivity contribution in [3.8, 4) is 0 Å². The number of esters is 1. The number of Topliss-reactive ketones (excluding diaryl/α,β-unsaturated/α-hetero) is 1. The minimum Gasteiger partial charge on any atom is -0.451 e. The van der Waals surface area contributed by atoms with Gasteiger partial charge in [0.1, 0.15) is 0 Å². The Hall–Kier alpha value is -3.48. The van der Waals surface area contributed by atoms with E-state index >= 15 is 0 Å². The normalized spacial score (nSPS) is 15.7. The van der Waals surface area contributed by atoms with Crippen LogP contribution in [-0.2, 0) is 27.2 Å². The number of benzene rings is 2. The molecule has 7 heteroatoms. The van der Waals surface area contributed by atoms with Gasteiger partial charge in [-0.15, -0.1) is 0 Å². The van der Waals surface area contributed by atoms with Crippen LogP contribution in [0, 0.1) is 0 Å². The molecule has 0 radical (unpaired) electrons. The molecule has 0 aromatic heterocycles. The van der Waals surface area contributed by atoms with Crippen LogP contribution in [0.25, 0.3) is 0 Å². The number of carbonyl (C=O) groups excluding carboxylic acids is 4. The molecule has 154 valence electrons. The molecular weight excluding hydrogens is 384 g/mol. The number of nitrogens with zero attached hydrogens (tertiary/aromatic N) is 1. The van der Waals surface area contributed by atoms with E-state index in [0.29, 0.717) is 42.6 Å². The highest BCUT2D eigenvalue weighted by molar-refractivity contribution is 6.03. The Labute approximate surface area is 174 Å². The maximum atomic E-state index is 12.8. The van der Waals surface area contributed by atoms with Crippen molar-refractivity contribution in [3.05, 3.63) is 58.7 Å². The standard InChI is InChI=1S/C23H22N2O5/c1-13(22(28)17-4-7-20-16(12-17)9-10-25(20)14(2)26)30-23(29)18-3-6-19-15(11-18)5-8-21(27)24-19/h3-4,6-7,11-13H,5,8-10H2,1-2H3,(H,24,27)/t13-/m0/s1. The number of fused-ring (bicyclic) bond motifs is 2. The van der Waals surface area contributed by atoms with Gasteiger partial charge in [-0.25, -0.2) is 4.79 Å². The topological polar surface area (TPSA) is 92.8 Å². The maximum absolute atomic E-state index is 12.8. The smallest absolute Gasteiger partial charge is 0.338 e. The zero-order valence-electron chi connectivity index (χ0n) is 16.9. The van der Waals surface area contributed by atoms with Gasteiger partial charge < -0.3 is 15.0 Å². The third-order valence-corrected chi connectivity index (χ3v) is 5.53. The Balaban J connectivity index is 1.46. The first kappa shape index (κ1) is 19.8. The van der Waals surface area contributed by atoms with E-state index in [1.54, 1.807) is 48.2 Å². The molecule has 2 aliphatic rings. The van der Waals surface area contributed by atoms with Crippen LogP contribution in [-0.4, -0.2) is 36.2 Å². The summed E-state index contributed by atoms with van der Waals surface area (Å²) in [4.78, 5) is 50.2. The van der Waals surface area contributed by atoms with Crippen molar-refractivity contribution in [2.45, 2.75) is 39.2 Å². The number of rotatable bonds is 4. The predicted molar refractivity (Wildman–Crippen MR) is 111 cm³/mol. The van der Waals surface area contributed by atoms with Gasteiger partial charge in [0.25, 0.3) is 0 Å². The summed E-state index contributed by atoms with van der Waals surface area (Å²) in [5.41, 5.74) is 4.13. The number of aryl methyl sites for hydroxylation is 1. The molecule has 4 rings (SSSR count). The van der Waals surface area contributed by atoms with E-state index in [0.717, 1.165) is 16.8 Å². The van der Waals surface area contributed by atoms with E-state index in [1.807, 2.05) is 0 Å². The second-order valence-corrected chi connectivity index (χ2v) is 7.60. The van der Waals surface area contributed by atoms with Crippen LogP contribution >= 0.6 is 0 Å². The first-order chi connectivity index (χ1) is 14.3. The zero-order chi connectivity index (χ0) is 21.4. The molecule has 0 unspecified atom stereocenters. The number of hydrogen-bond acceptors (Lipinski definition) is 5. The molecule has 0 saturated heterocycles. The number of amides is 2. The third kappa shape index (κ3) is 3.70. The highest BCUT2D eigenvalue weighted by atomic mass is 16.5. The quantitative estimate of drug-likeness (QED) is 0.623. The van der Waals surface area contributed by atoms with Crippen LogP contribution in [0.4, 0.5) is 11.4 Å². The molecule has 0 bridgehead atoms. The minimum absolute atomic E-state index is 0.0280. The maximum Gasteiger partial charge on any atom is 0.338 e. The van der Waals surface area contributed by atoms with E-state index in [4.69, 9.17) is 4.74 Å². The first-order valence-corrected chi connectivity index (χ1v) is 9.92. The van der Waals surface area contributed by atoms with E-state index in [-0.39, 0.29) is 17.6 Å². The summed E-state index contributed by atoms with van der Waals surface area (Å²) < 4.78 is 5.40. The number of ether oxygens (including phenoxy) is 1. The molecule has 0 spiro atoms. The average Bonchev–Trinajstić information content (AvgIpc) is 3.16. The van der Waals surface area contributed by atoms with Crippen molar-refractivity contribution >= 4 is 34.9 Å². The molecule has 0 fully saturated rings. The van der Waals surface area contributed by atoms with Gasteiger partial charge >= 0.3 is 5.97 Å². The lowest BCUT2D eigenvalue weighted by Crippen LogP contribution is -2.26. The van der Waals surface area contributed by atoms with Crippen molar-refractivity contribution < 1.29 is 23.9 Å². The summed E-state index contributed by atoms with van der Waals surface area (Å²) in [6, 6.07) is 10.1. The molecule has 7 nitrogen and oxygen atoms in total. The van der Waals surface area contributed by atoms with Crippen LogP contribution in [0.15, 0.2) is 36.4 Å². The fourth-order valence-electron chi connectivity index (χ4n) is 3.91. The van der Waals surface area contributed by atoms with Crippen molar-refractivity contribution in [3.63, 3.8) is 0 Å². The Morgan fingerprint density at radius 1 is 1.00 bits per heavy atom. The zero-order valence-corrected chi connectivity index (χ0v) is 16.9. The molecule has 2 aromatic rings. The van der Waals surface area contributed by atoms with Gasteiger partial charge in [-0.3, -0.25) is 14.4 Å². The van der Waals surface area contributed by atoms with Crippen molar-refractivity contribution in [2.75, 3.05) is 16.8 Å². The molecule has 2 aromatic carbocycles. The fraction of sp³-hybridized carbons (Fsp3) is 0.304. The van der Waals surface area contributed by atoms with Gasteiger partial charge in [0, 0.05) is 36.8 Å². The monoisotopic (exact) mass is 406 g/mol. The lowest BCUT2D eigenvalue weighted by molar-refractivity contribution is -0.117. The van der Waals surface area contributed by atoms with Crippen molar-refractivity contribution in [1.82, 2.24) is 0 Å². The van der Waals surface area contributed by atoms with Gasteiger partial charge in [-0.05, 0) is 67.3 Å². The second kappa shape index (κ2) is 7.74. The second-order valence-electron chi connectivity index (χ2n) is 7.60. The Morgan fingerprint density at radius 2 is 1.73 bits per heavy atom. The SMILES string of the molecule is CC(=O)N1CCc2cc(C(=O)[C@H](C)OC(=O)c3ccc4c(c3)CCC(=O)N4)ccc21. The van der Waals surface area contributed by atoms with Gasteiger partial charge in [0.05, 0.1) is 5.56 Å². The van der Waals surface area contributed by atoms with Crippen LogP contribution in [0.3, 0.4) is 0 Å². The Kier molecular flexibility index (Phi) is 5.11. The summed E-state index contributed by atoms with van der Waals surface area (Å²) in [5.74, 6) is -0.949. The van der Waals surface area contributed by atoms with Crippen LogP contribution in [0.1, 0.15) is 52.1 Å². The molecule has 2 heterocycles. The summed E-state index contributed by atoms with van der Waals surface area (Å²) in [5, 5.41) is 2.77. The molecule has 1 atom stereocenters. The number of hydrogen-bond donors (Lipinski definition) is 1. The van der Waals surface area contributed by atoms with Gasteiger partial charge in [0.15, 0.2) is 6.10 Å². The number of nitrogens with one attached hydrogen (secondary N) is 1. The van der Waals surface area contributed by atoms with Gasteiger partial charge in [-0.2, -0.15) is 0 Å². The molecule has 0 saturated carbocycles. The number of ketones is 1. The van der Waals surface area contributed by atoms with Gasteiger partial charge in [-0.1, -0.05) is 0 Å². The third-order valence-electron chi connectivity index (χ3n) is 5.53. The van der Waals surface area contributed by atoms with E-state index in [2.05, 4.69) is 5.32 Å². The van der Waals surface area contributed by atoms with Crippen LogP contribution < -0.4 is 10.2 Å². The first-order valence-electron chi connectivity index (χ1n) is 9.92. The van der Waals surface area contributed by atoms with Crippen LogP contribution in [0.5, 0.6) is 0 Å². The molecule has 30 heavy (non-hydrogen) atoms. The lowest BCUT2D eigenvalue weighted by atomic mass is 10.0. The molecule has 2 amide bonds. The Morgan fingerprint density at radius 3 is 2.50 bits per heavy atom. The Bertz CT molecular complexity index is 1080. The van der Waals surface area contributed by atoms with E-state index < -0.39 is 12.1 Å². The molecular formula is C23H22N2O5. The fourth-order valence-corrected chi connectivity index (χ4v) is 3.91. The molecule has 2 aliphatic heterocycles. The van der Waals surface area contributed by atoms with Gasteiger partial charge in [0.2, 0.25) is 17.6 Å². The number of anilines is 2. The molecule has 1 N–H and O–H groups in total. The summed E-state index contributed by atoms with van der Waals surface area (Å²) in [6.07, 6.45) is 0.676.